The van der Waals surface area contributed by atoms with Crippen LogP contribution in [-0.2, 0) is 0 Å². The van der Waals surface area contributed by atoms with Crippen LogP contribution in [0.2, 0.25) is 5.02 Å². The summed E-state index contributed by atoms with van der Waals surface area (Å²) < 4.78 is 0.988. The van der Waals surface area contributed by atoms with Crippen molar-refractivity contribution in [1.82, 2.24) is 10.3 Å². The van der Waals surface area contributed by atoms with Crippen LogP contribution in [0.5, 0.6) is 0 Å². The van der Waals surface area contributed by atoms with Gasteiger partial charge >= 0.3 is 0 Å². The first-order valence-corrected chi connectivity index (χ1v) is 8.18. The fourth-order valence-corrected chi connectivity index (χ4v) is 3.42. The van der Waals surface area contributed by atoms with Crippen LogP contribution in [-0.4, -0.2) is 30.7 Å². The van der Waals surface area contributed by atoms with Crippen molar-refractivity contribution in [3.8, 4) is 0 Å². The molecule has 1 saturated heterocycles. The van der Waals surface area contributed by atoms with Crippen molar-refractivity contribution in [2.45, 2.75) is 38.6 Å². The lowest BCUT2D eigenvalue weighted by Gasteiger charge is -2.37. The number of hydrogen-bond donors (Lipinski definition) is 1. The minimum atomic E-state index is 0.533. The molecule has 19 heavy (non-hydrogen) atoms. The topological polar surface area (TPSA) is 28.2 Å². The van der Waals surface area contributed by atoms with E-state index in [2.05, 4.69) is 38.1 Å². The quantitative estimate of drug-likeness (QED) is 0.821. The van der Waals surface area contributed by atoms with Gasteiger partial charge in [0, 0.05) is 25.3 Å². The van der Waals surface area contributed by atoms with Crippen LogP contribution < -0.4 is 10.2 Å². The maximum atomic E-state index is 5.97. The SMILES string of the molecule is CCCNCC1CCCCN1c1ncc(Cl)cc1Br. The molecule has 0 bridgehead atoms. The Hall–Kier alpha value is -0.320. The molecule has 0 saturated carbocycles. The highest BCUT2D eigenvalue weighted by molar-refractivity contribution is 9.10. The maximum absolute atomic E-state index is 5.97. The van der Waals surface area contributed by atoms with Crippen LogP contribution in [0.4, 0.5) is 5.82 Å². The summed E-state index contributed by atoms with van der Waals surface area (Å²) in [6.45, 7) is 5.39. The Bertz CT molecular complexity index is 414. The van der Waals surface area contributed by atoms with Gasteiger partial charge in [-0.05, 0) is 54.2 Å². The number of pyridine rings is 1. The lowest BCUT2D eigenvalue weighted by atomic mass is 10.0. The number of aromatic nitrogens is 1. The smallest absolute Gasteiger partial charge is 0.143 e. The van der Waals surface area contributed by atoms with Gasteiger partial charge in [0.05, 0.1) is 9.50 Å². The molecule has 5 heteroatoms. The molecule has 1 N–H and O–H groups in total. The zero-order valence-electron chi connectivity index (χ0n) is 11.3. The van der Waals surface area contributed by atoms with Crippen LogP contribution in [0.25, 0.3) is 0 Å². The van der Waals surface area contributed by atoms with Crippen molar-refractivity contribution in [3.05, 3.63) is 21.8 Å². The van der Waals surface area contributed by atoms with Crippen LogP contribution in [0.15, 0.2) is 16.7 Å². The third-order valence-electron chi connectivity index (χ3n) is 3.49. The molecular formula is C14H21BrClN3. The summed E-state index contributed by atoms with van der Waals surface area (Å²) in [6, 6.07) is 2.46. The second-order valence-corrected chi connectivity index (χ2v) is 6.30. The Kier molecular flexibility index (Phi) is 5.92. The van der Waals surface area contributed by atoms with E-state index in [1.165, 1.54) is 25.7 Å². The molecule has 1 aliphatic rings. The summed E-state index contributed by atoms with van der Waals surface area (Å²) >= 11 is 9.55. The lowest BCUT2D eigenvalue weighted by molar-refractivity contribution is 0.432. The van der Waals surface area contributed by atoms with Crippen molar-refractivity contribution in [1.29, 1.82) is 0 Å². The second-order valence-electron chi connectivity index (χ2n) is 5.01. The highest BCUT2D eigenvalue weighted by Gasteiger charge is 2.24. The Balaban J connectivity index is 2.09. The van der Waals surface area contributed by atoms with Crippen molar-refractivity contribution in [3.63, 3.8) is 0 Å². The van der Waals surface area contributed by atoms with Crippen molar-refractivity contribution in [2.24, 2.45) is 0 Å². The van der Waals surface area contributed by atoms with Crippen molar-refractivity contribution in [2.75, 3.05) is 24.5 Å². The predicted molar refractivity (Wildman–Crippen MR) is 85.1 cm³/mol. The molecule has 0 aromatic carbocycles. The van der Waals surface area contributed by atoms with Gasteiger partial charge in [0.15, 0.2) is 0 Å². The lowest BCUT2D eigenvalue weighted by Crippen LogP contribution is -2.46. The van der Waals surface area contributed by atoms with Gasteiger partial charge in [0.1, 0.15) is 5.82 Å². The van der Waals surface area contributed by atoms with E-state index in [1.54, 1.807) is 6.20 Å². The van der Waals surface area contributed by atoms with Gasteiger partial charge in [-0.2, -0.15) is 0 Å². The molecule has 2 rings (SSSR count). The molecule has 1 aromatic heterocycles. The molecule has 0 spiro atoms. The number of nitrogens with one attached hydrogen (secondary N) is 1. The van der Waals surface area contributed by atoms with Gasteiger partial charge < -0.3 is 10.2 Å². The number of nitrogens with zero attached hydrogens (tertiary/aromatic N) is 2. The van der Waals surface area contributed by atoms with Crippen LogP contribution in [0, 0.1) is 0 Å². The predicted octanol–water partition coefficient (Wildman–Crippen LogP) is 3.86. The summed E-state index contributed by atoms with van der Waals surface area (Å²) in [5, 5.41) is 4.20. The molecule has 1 atom stereocenters. The normalized spacial score (nSPS) is 19.7. The van der Waals surface area contributed by atoms with Gasteiger partial charge in [-0.3, -0.25) is 0 Å². The van der Waals surface area contributed by atoms with Gasteiger partial charge in [-0.15, -0.1) is 0 Å². The third kappa shape index (κ3) is 4.07. The first-order valence-electron chi connectivity index (χ1n) is 7.00. The van der Waals surface area contributed by atoms with Gasteiger partial charge in [0.2, 0.25) is 0 Å². The molecule has 1 aromatic rings. The zero-order valence-corrected chi connectivity index (χ0v) is 13.7. The van der Waals surface area contributed by atoms with E-state index in [0.717, 1.165) is 29.9 Å². The zero-order chi connectivity index (χ0) is 13.7. The van der Waals surface area contributed by atoms with E-state index in [-0.39, 0.29) is 0 Å². The molecule has 1 unspecified atom stereocenters. The summed E-state index contributed by atoms with van der Waals surface area (Å²) in [6.07, 6.45) is 6.68. The Morgan fingerprint density at radius 1 is 1.53 bits per heavy atom. The standard InChI is InChI=1S/C14H21BrClN3/c1-2-6-17-10-12-5-3-4-7-19(12)14-13(15)8-11(16)9-18-14/h8-9,12,17H,2-7,10H2,1H3. The molecule has 0 aliphatic carbocycles. The van der Waals surface area contributed by atoms with Gasteiger partial charge in [0.25, 0.3) is 0 Å². The average Bonchev–Trinajstić information content (AvgIpc) is 2.40. The number of hydrogen-bond acceptors (Lipinski definition) is 3. The molecule has 106 valence electrons. The third-order valence-corrected chi connectivity index (χ3v) is 4.28. The monoisotopic (exact) mass is 345 g/mol. The van der Waals surface area contributed by atoms with Crippen LogP contribution in [0.3, 0.4) is 0 Å². The summed E-state index contributed by atoms with van der Waals surface area (Å²) in [5.41, 5.74) is 0. The molecular weight excluding hydrogens is 326 g/mol. The minimum absolute atomic E-state index is 0.533. The number of halogens is 2. The van der Waals surface area contributed by atoms with E-state index >= 15 is 0 Å². The van der Waals surface area contributed by atoms with Crippen molar-refractivity contribution < 1.29 is 0 Å². The number of rotatable bonds is 5. The fourth-order valence-electron chi connectivity index (χ4n) is 2.56. The van der Waals surface area contributed by atoms with E-state index < -0.39 is 0 Å². The van der Waals surface area contributed by atoms with E-state index in [1.807, 2.05) is 6.07 Å². The second kappa shape index (κ2) is 7.46. The molecule has 1 fully saturated rings. The highest BCUT2D eigenvalue weighted by atomic mass is 79.9. The minimum Gasteiger partial charge on any atom is -0.351 e. The molecule has 0 radical (unpaired) electrons. The van der Waals surface area contributed by atoms with E-state index in [9.17, 15) is 0 Å². The van der Waals surface area contributed by atoms with Gasteiger partial charge in [-0.1, -0.05) is 18.5 Å². The largest absolute Gasteiger partial charge is 0.351 e. The first kappa shape index (κ1) is 15.1. The average molecular weight is 347 g/mol. The summed E-state index contributed by atoms with van der Waals surface area (Å²) in [7, 11) is 0. The first-order chi connectivity index (χ1) is 9.22. The molecule has 2 heterocycles. The molecule has 3 nitrogen and oxygen atoms in total. The van der Waals surface area contributed by atoms with Crippen LogP contribution >= 0.6 is 27.5 Å². The Morgan fingerprint density at radius 3 is 3.11 bits per heavy atom. The highest BCUT2D eigenvalue weighted by Crippen LogP contribution is 2.30. The summed E-state index contributed by atoms with van der Waals surface area (Å²) in [5.74, 6) is 1.02. The van der Waals surface area contributed by atoms with Gasteiger partial charge in [-0.25, -0.2) is 4.98 Å². The molecule has 0 amide bonds. The van der Waals surface area contributed by atoms with E-state index in [0.29, 0.717) is 11.1 Å². The Labute approximate surface area is 128 Å². The van der Waals surface area contributed by atoms with E-state index in [4.69, 9.17) is 11.6 Å². The number of piperidine rings is 1. The number of anilines is 1. The summed E-state index contributed by atoms with van der Waals surface area (Å²) in [4.78, 5) is 6.91. The fraction of sp³-hybridized carbons (Fsp3) is 0.643. The molecule has 1 aliphatic heterocycles. The Morgan fingerprint density at radius 2 is 2.37 bits per heavy atom. The maximum Gasteiger partial charge on any atom is 0.143 e. The van der Waals surface area contributed by atoms with Crippen LogP contribution in [0.1, 0.15) is 32.6 Å². The van der Waals surface area contributed by atoms with Crippen molar-refractivity contribution >= 4 is 33.3 Å².